The molecular formula is C15H28N2O. The molecule has 0 aliphatic carbocycles. The predicted octanol–water partition coefficient (Wildman–Crippen LogP) is 2.56. The van der Waals surface area contributed by atoms with Crippen molar-refractivity contribution in [1.82, 2.24) is 10.2 Å². The van der Waals surface area contributed by atoms with Gasteiger partial charge in [0.2, 0.25) is 5.91 Å². The van der Waals surface area contributed by atoms with Gasteiger partial charge < -0.3 is 10.2 Å². The van der Waals surface area contributed by atoms with Gasteiger partial charge >= 0.3 is 0 Å². The quantitative estimate of drug-likeness (QED) is 0.737. The number of fused-ring (bicyclic) bond motifs is 1. The molecule has 3 heteroatoms. The summed E-state index contributed by atoms with van der Waals surface area (Å²) in [5.74, 6) is 1.13. The molecule has 2 rings (SSSR count). The van der Waals surface area contributed by atoms with E-state index in [0.717, 1.165) is 38.9 Å². The van der Waals surface area contributed by atoms with Crippen LogP contribution in [0.2, 0.25) is 0 Å². The van der Waals surface area contributed by atoms with Crippen LogP contribution in [0, 0.1) is 5.92 Å². The molecule has 104 valence electrons. The van der Waals surface area contributed by atoms with Crippen molar-refractivity contribution in [1.29, 1.82) is 0 Å². The van der Waals surface area contributed by atoms with Gasteiger partial charge in [0, 0.05) is 19.0 Å². The third-order valence-corrected chi connectivity index (χ3v) is 4.52. The summed E-state index contributed by atoms with van der Waals surface area (Å²) in [6.45, 7) is 5.45. The second kappa shape index (κ2) is 7.13. The van der Waals surface area contributed by atoms with Gasteiger partial charge in [0.1, 0.15) is 0 Å². The first-order valence-electron chi connectivity index (χ1n) is 7.83. The summed E-state index contributed by atoms with van der Waals surface area (Å²) in [5.41, 5.74) is 0. The number of nitrogens with one attached hydrogen (secondary N) is 1. The van der Waals surface area contributed by atoms with E-state index in [1.807, 2.05) is 0 Å². The minimum Gasteiger partial charge on any atom is -0.339 e. The lowest BCUT2D eigenvalue weighted by Gasteiger charge is -2.44. The van der Waals surface area contributed by atoms with Gasteiger partial charge in [-0.1, -0.05) is 32.6 Å². The minimum absolute atomic E-state index is 0.411. The van der Waals surface area contributed by atoms with Crippen LogP contribution in [0.3, 0.4) is 0 Å². The Labute approximate surface area is 111 Å². The highest BCUT2D eigenvalue weighted by atomic mass is 16.2. The molecule has 0 saturated carbocycles. The summed E-state index contributed by atoms with van der Waals surface area (Å²) < 4.78 is 0. The van der Waals surface area contributed by atoms with E-state index in [1.165, 1.54) is 32.1 Å². The zero-order valence-corrected chi connectivity index (χ0v) is 11.8. The maximum atomic E-state index is 12.1. The smallest absolute Gasteiger partial charge is 0.222 e. The summed E-state index contributed by atoms with van der Waals surface area (Å²) in [7, 11) is 0. The summed E-state index contributed by atoms with van der Waals surface area (Å²) in [4.78, 5) is 14.3. The van der Waals surface area contributed by atoms with Crippen molar-refractivity contribution in [2.24, 2.45) is 5.92 Å². The van der Waals surface area contributed by atoms with Gasteiger partial charge in [-0.25, -0.2) is 0 Å². The molecule has 0 aromatic carbocycles. The van der Waals surface area contributed by atoms with E-state index in [1.54, 1.807) is 0 Å². The largest absolute Gasteiger partial charge is 0.339 e. The average molecular weight is 252 g/mol. The number of amides is 1. The van der Waals surface area contributed by atoms with E-state index in [2.05, 4.69) is 17.1 Å². The van der Waals surface area contributed by atoms with Crippen LogP contribution < -0.4 is 5.32 Å². The van der Waals surface area contributed by atoms with Crippen LogP contribution in [0.1, 0.15) is 58.3 Å². The summed E-state index contributed by atoms with van der Waals surface area (Å²) in [6.07, 6.45) is 9.47. The molecular weight excluding hydrogens is 224 g/mol. The fraction of sp³-hybridized carbons (Fsp3) is 0.933. The molecule has 1 N–H and O–H groups in total. The zero-order chi connectivity index (χ0) is 12.8. The third-order valence-electron chi connectivity index (χ3n) is 4.52. The average Bonchev–Trinajstić information content (AvgIpc) is 2.41. The number of hydrogen-bond donors (Lipinski definition) is 1. The molecule has 1 amide bonds. The highest BCUT2D eigenvalue weighted by Crippen LogP contribution is 2.28. The van der Waals surface area contributed by atoms with Crippen molar-refractivity contribution in [2.75, 3.05) is 19.6 Å². The number of unbranched alkanes of at least 4 members (excludes halogenated alkanes) is 4. The van der Waals surface area contributed by atoms with Gasteiger partial charge in [0.05, 0.1) is 0 Å². The molecule has 0 bridgehead atoms. The van der Waals surface area contributed by atoms with Gasteiger partial charge in [-0.2, -0.15) is 0 Å². The monoisotopic (exact) mass is 252 g/mol. The van der Waals surface area contributed by atoms with Crippen molar-refractivity contribution in [3.05, 3.63) is 0 Å². The Morgan fingerprint density at radius 1 is 1.22 bits per heavy atom. The van der Waals surface area contributed by atoms with Crippen molar-refractivity contribution >= 4 is 5.91 Å². The highest BCUT2D eigenvalue weighted by Gasteiger charge is 2.36. The number of carbonyl (C=O) groups excluding carboxylic acids is 1. The standard InChI is InChI=1S/C15H28N2O/c1-2-3-4-5-6-11-17-14-9-10-16-12-13(14)7-8-15(17)18/h13-14,16H,2-12H2,1H3. The van der Waals surface area contributed by atoms with Crippen molar-refractivity contribution in [3.63, 3.8) is 0 Å². The molecule has 2 heterocycles. The number of likely N-dealkylation sites (tertiary alicyclic amines) is 1. The second-order valence-corrected chi connectivity index (χ2v) is 5.86. The topological polar surface area (TPSA) is 32.3 Å². The molecule has 0 aromatic rings. The van der Waals surface area contributed by atoms with E-state index in [0.29, 0.717) is 17.9 Å². The molecule has 2 aliphatic heterocycles. The van der Waals surface area contributed by atoms with Crippen LogP contribution in [0.15, 0.2) is 0 Å². The Morgan fingerprint density at radius 2 is 2.06 bits per heavy atom. The lowest BCUT2D eigenvalue weighted by atomic mass is 9.84. The van der Waals surface area contributed by atoms with E-state index in [9.17, 15) is 4.79 Å². The Bertz CT molecular complexity index is 267. The Kier molecular flexibility index (Phi) is 5.48. The maximum Gasteiger partial charge on any atom is 0.222 e. The first kappa shape index (κ1) is 13.9. The van der Waals surface area contributed by atoms with Gasteiger partial charge in [-0.05, 0) is 38.3 Å². The van der Waals surface area contributed by atoms with Gasteiger partial charge in [-0.3, -0.25) is 4.79 Å². The van der Waals surface area contributed by atoms with E-state index >= 15 is 0 Å². The highest BCUT2D eigenvalue weighted by molar-refractivity contribution is 5.77. The fourth-order valence-corrected chi connectivity index (χ4v) is 3.43. The van der Waals surface area contributed by atoms with Crippen LogP contribution >= 0.6 is 0 Å². The number of hydrogen-bond acceptors (Lipinski definition) is 2. The van der Waals surface area contributed by atoms with E-state index in [-0.39, 0.29) is 0 Å². The molecule has 0 radical (unpaired) electrons. The van der Waals surface area contributed by atoms with Crippen molar-refractivity contribution in [2.45, 2.75) is 64.3 Å². The zero-order valence-electron chi connectivity index (χ0n) is 11.8. The van der Waals surface area contributed by atoms with E-state index < -0.39 is 0 Å². The number of nitrogens with zero attached hydrogens (tertiary/aromatic N) is 1. The van der Waals surface area contributed by atoms with E-state index in [4.69, 9.17) is 0 Å². The molecule has 2 fully saturated rings. The normalized spacial score (nSPS) is 28.3. The SMILES string of the molecule is CCCCCCCN1C(=O)CCC2CNCCC21. The van der Waals surface area contributed by atoms with Crippen LogP contribution in [-0.4, -0.2) is 36.5 Å². The number of rotatable bonds is 6. The first-order chi connectivity index (χ1) is 8.83. The first-order valence-corrected chi connectivity index (χ1v) is 7.83. The summed E-state index contributed by atoms with van der Waals surface area (Å²) in [5, 5.41) is 3.47. The van der Waals surface area contributed by atoms with Crippen LogP contribution in [0.25, 0.3) is 0 Å². The molecule has 2 aliphatic rings. The summed E-state index contributed by atoms with van der Waals surface area (Å²) >= 11 is 0. The maximum absolute atomic E-state index is 12.1. The molecule has 18 heavy (non-hydrogen) atoms. The third kappa shape index (κ3) is 3.47. The van der Waals surface area contributed by atoms with Gasteiger partial charge in [0.25, 0.3) is 0 Å². The molecule has 0 spiro atoms. The lowest BCUT2D eigenvalue weighted by molar-refractivity contribution is -0.139. The number of piperidine rings is 2. The van der Waals surface area contributed by atoms with Crippen molar-refractivity contribution in [3.8, 4) is 0 Å². The fourth-order valence-electron chi connectivity index (χ4n) is 3.43. The van der Waals surface area contributed by atoms with Gasteiger partial charge in [-0.15, -0.1) is 0 Å². The predicted molar refractivity (Wildman–Crippen MR) is 74.5 cm³/mol. The molecule has 2 saturated heterocycles. The Hall–Kier alpha value is -0.570. The van der Waals surface area contributed by atoms with Gasteiger partial charge in [0.15, 0.2) is 0 Å². The molecule has 2 unspecified atom stereocenters. The summed E-state index contributed by atoms with van der Waals surface area (Å²) in [6, 6.07) is 0.540. The Balaban J connectivity index is 1.78. The van der Waals surface area contributed by atoms with Crippen LogP contribution in [-0.2, 0) is 4.79 Å². The minimum atomic E-state index is 0.411. The van der Waals surface area contributed by atoms with Crippen LogP contribution in [0.4, 0.5) is 0 Å². The molecule has 2 atom stereocenters. The lowest BCUT2D eigenvalue weighted by Crippen LogP contribution is -2.55. The molecule has 3 nitrogen and oxygen atoms in total. The number of carbonyl (C=O) groups is 1. The van der Waals surface area contributed by atoms with Crippen LogP contribution in [0.5, 0.6) is 0 Å². The molecule has 0 aromatic heterocycles. The second-order valence-electron chi connectivity index (χ2n) is 5.86. The Morgan fingerprint density at radius 3 is 2.89 bits per heavy atom. The van der Waals surface area contributed by atoms with Crippen molar-refractivity contribution < 1.29 is 4.79 Å².